The van der Waals surface area contributed by atoms with E-state index in [1.807, 2.05) is 0 Å². The second kappa shape index (κ2) is 13.5. The summed E-state index contributed by atoms with van der Waals surface area (Å²) in [5, 5.41) is -0.748. The number of nitrogens with zero attached hydrogens (tertiary/aromatic N) is 1. The summed E-state index contributed by atoms with van der Waals surface area (Å²) in [4.78, 5) is 13.1. The van der Waals surface area contributed by atoms with Gasteiger partial charge in [-0.05, 0) is 64.2 Å². The number of nitrogen functional groups attached to an aromatic ring is 1. The van der Waals surface area contributed by atoms with Crippen LogP contribution >= 0.6 is 11.6 Å². The Morgan fingerprint density at radius 3 is 1.91 bits per heavy atom. The molecule has 0 aliphatic rings. The number of halogens is 4. The maximum atomic E-state index is 15.4. The molecule has 2 rings (SSSR count). The Morgan fingerprint density at radius 2 is 1.47 bits per heavy atom. The van der Waals surface area contributed by atoms with Gasteiger partial charge in [0.15, 0.2) is 11.6 Å². The highest BCUT2D eigenvalue weighted by Gasteiger charge is 2.37. The molecule has 0 heterocycles. The van der Waals surface area contributed by atoms with Crippen LogP contribution in [0.3, 0.4) is 0 Å². The summed E-state index contributed by atoms with van der Waals surface area (Å²) in [7, 11) is -9.58. The van der Waals surface area contributed by atoms with E-state index in [2.05, 4.69) is 0 Å². The van der Waals surface area contributed by atoms with Gasteiger partial charge < -0.3 is 15.2 Å². The van der Waals surface area contributed by atoms with Gasteiger partial charge in [-0.2, -0.15) is 3.71 Å². The van der Waals surface area contributed by atoms with Crippen LogP contribution in [0, 0.1) is 12.7 Å². The van der Waals surface area contributed by atoms with Gasteiger partial charge in [-0.3, -0.25) is 8.78 Å². The number of hydrogen-bond acceptors (Lipinski definition) is 8. The summed E-state index contributed by atoms with van der Waals surface area (Å²) in [6.45, 7) is 9.74. The third kappa shape index (κ3) is 8.69. The number of alkyl halides is 2. The summed E-state index contributed by atoms with van der Waals surface area (Å²) in [6, 6.07) is 3.03. The van der Waals surface area contributed by atoms with Crippen LogP contribution in [-0.2, 0) is 30.2 Å². The van der Waals surface area contributed by atoms with E-state index in [-0.39, 0.29) is 26.3 Å². The molecule has 9 nitrogen and oxygen atoms in total. The van der Waals surface area contributed by atoms with Gasteiger partial charge in [-0.15, -0.1) is 0 Å². The first-order valence-electron chi connectivity index (χ1n) is 13.3. The van der Waals surface area contributed by atoms with Crippen LogP contribution in [0.15, 0.2) is 18.2 Å². The minimum Gasteiger partial charge on any atom is -0.456 e. The normalized spacial score (nSPS) is 12.7. The van der Waals surface area contributed by atoms with Crippen molar-refractivity contribution in [3.05, 3.63) is 45.7 Å². The van der Waals surface area contributed by atoms with E-state index < -0.39 is 97.0 Å². The van der Waals surface area contributed by atoms with Crippen LogP contribution < -0.4 is 14.2 Å². The highest BCUT2D eigenvalue weighted by Crippen LogP contribution is 2.46. The molecule has 0 unspecified atom stereocenters. The van der Waals surface area contributed by atoms with Crippen molar-refractivity contribution < 1.29 is 44.3 Å². The fraction of sp³-hybridized carbons (Fsp3) is 0.536. The van der Waals surface area contributed by atoms with Gasteiger partial charge in [0, 0.05) is 16.8 Å². The highest BCUT2D eigenvalue weighted by molar-refractivity contribution is 8.10. The molecule has 2 aromatic rings. The topological polar surface area (TPSA) is 133 Å². The van der Waals surface area contributed by atoms with E-state index in [9.17, 15) is 30.4 Å². The second-order valence-electron chi connectivity index (χ2n) is 11.8. The Kier molecular flexibility index (Phi) is 11.5. The monoisotopic (exact) mass is 670 g/mol. The number of nitrogens with two attached hydrogens (primary N) is 1. The number of rotatable bonds is 12. The van der Waals surface area contributed by atoms with Gasteiger partial charge in [-0.25, -0.2) is 26.0 Å². The average molecular weight is 671 g/mol. The van der Waals surface area contributed by atoms with Crippen molar-refractivity contribution in [1.82, 2.24) is 0 Å². The molecule has 0 saturated carbocycles. The van der Waals surface area contributed by atoms with E-state index in [0.29, 0.717) is 5.56 Å². The highest BCUT2D eigenvalue weighted by atomic mass is 35.5. The molecular formula is C28H38ClF3N2O7S2. The molecule has 0 aliphatic heterocycles. The van der Waals surface area contributed by atoms with Gasteiger partial charge in [0.05, 0.1) is 36.1 Å². The largest absolute Gasteiger partial charge is 0.456 e. The molecule has 0 saturated heterocycles. The molecule has 0 spiro atoms. The summed E-state index contributed by atoms with van der Waals surface area (Å²) in [5.41, 5.74) is 4.55. The molecular weight excluding hydrogens is 633 g/mol. The lowest BCUT2D eigenvalue weighted by Gasteiger charge is -2.28. The van der Waals surface area contributed by atoms with Gasteiger partial charge in [0.1, 0.15) is 16.4 Å². The van der Waals surface area contributed by atoms with Crippen LogP contribution in [0.4, 0.5) is 24.5 Å². The fourth-order valence-corrected chi connectivity index (χ4v) is 8.48. The second-order valence-corrected chi connectivity index (χ2v) is 16.3. The number of benzene rings is 2. The maximum Gasteiger partial charge on any atom is 0.341 e. The van der Waals surface area contributed by atoms with Gasteiger partial charge in [0.25, 0.3) is 0 Å². The first-order chi connectivity index (χ1) is 19.6. The van der Waals surface area contributed by atoms with Crippen LogP contribution in [0.2, 0.25) is 5.02 Å². The molecule has 0 atom stereocenters. The predicted octanol–water partition coefficient (Wildman–Crippen LogP) is 6.60. The molecule has 0 aliphatic carbocycles. The summed E-state index contributed by atoms with van der Waals surface area (Å²) in [5.74, 6) is -4.52. The van der Waals surface area contributed by atoms with Crippen LogP contribution in [0.25, 0.3) is 0 Å². The minimum atomic E-state index is -4.79. The first kappa shape index (κ1) is 36.5. The zero-order valence-corrected chi connectivity index (χ0v) is 27.6. The number of carbonyl (C=O) groups excluding carboxylic acids is 1. The van der Waals surface area contributed by atoms with Crippen molar-refractivity contribution in [3.63, 3.8) is 0 Å². The van der Waals surface area contributed by atoms with E-state index in [1.54, 1.807) is 41.5 Å². The molecule has 0 fully saturated rings. The number of hydrogen-bond donors (Lipinski definition) is 1. The van der Waals surface area contributed by atoms with Crippen LogP contribution in [-0.4, -0.2) is 53.3 Å². The molecule has 2 aromatic carbocycles. The zero-order chi connectivity index (χ0) is 33.1. The summed E-state index contributed by atoms with van der Waals surface area (Å²) in [6.07, 6.45) is -1.07. The molecule has 0 amide bonds. The predicted molar refractivity (Wildman–Crippen MR) is 162 cm³/mol. The number of carbonyl (C=O) groups is 1. The van der Waals surface area contributed by atoms with Crippen molar-refractivity contribution in [3.8, 4) is 11.5 Å². The van der Waals surface area contributed by atoms with Crippen LogP contribution in [0.5, 0.6) is 11.5 Å². The van der Waals surface area contributed by atoms with Gasteiger partial charge in [-0.1, -0.05) is 32.4 Å². The molecule has 0 bridgehead atoms. The number of esters is 1. The van der Waals surface area contributed by atoms with Crippen molar-refractivity contribution in [1.29, 1.82) is 0 Å². The zero-order valence-electron chi connectivity index (χ0n) is 25.2. The first-order valence-corrected chi connectivity index (χ1v) is 16.9. The number of anilines is 2. The minimum absolute atomic E-state index is 0.0351. The van der Waals surface area contributed by atoms with Crippen molar-refractivity contribution in [2.24, 2.45) is 0 Å². The standard InChI is InChI=1S/C28H38ClF3N2O7S2/c1-17-22(26(35)41-28(5,6)7)20(33)16-18(27(2,3)4)24(17)40-25-19(32)10-11-21(23(25)29)34(42(36,37)14-8-12-30)43(38,39)15-9-13-31/h10-11,16H,8-9,12-15,33H2,1-7H3. The molecule has 43 heavy (non-hydrogen) atoms. The Labute approximate surface area is 256 Å². The van der Waals surface area contributed by atoms with Crippen molar-refractivity contribution >= 4 is 49.0 Å². The Bertz CT molecular complexity index is 1530. The number of ether oxygens (including phenoxy) is 2. The lowest BCUT2D eigenvalue weighted by Crippen LogP contribution is -2.40. The van der Waals surface area contributed by atoms with E-state index >= 15 is 4.39 Å². The average Bonchev–Trinajstić information content (AvgIpc) is 2.84. The van der Waals surface area contributed by atoms with Crippen molar-refractivity contribution in [2.75, 3.05) is 34.3 Å². The molecule has 0 radical (unpaired) electrons. The third-order valence-electron chi connectivity index (χ3n) is 5.97. The fourth-order valence-electron chi connectivity index (χ4n) is 4.09. The molecule has 2 N–H and O–H groups in total. The Hall–Kier alpha value is -2.71. The summed E-state index contributed by atoms with van der Waals surface area (Å²) >= 11 is 6.48. The Balaban J connectivity index is 2.89. The third-order valence-corrected chi connectivity index (χ3v) is 10.7. The van der Waals surface area contributed by atoms with E-state index in [0.717, 1.165) is 12.1 Å². The smallest absolute Gasteiger partial charge is 0.341 e. The van der Waals surface area contributed by atoms with Crippen molar-refractivity contribution in [2.45, 2.75) is 72.3 Å². The Morgan fingerprint density at radius 1 is 0.953 bits per heavy atom. The van der Waals surface area contributed by atoms with Gasteiger partial charge >= 0.3 is 5.97 Å². The molecule has 0 aromatic heterocycles. The molecule has 242 valence electrons. The number of sulfonamides is 2. The SMILES string of the molecule is Cc1c(Oc2c(F)ccc(N(S(=O)(=O)CCCF)S(=O)(=O)CCCF)c2Cl)c(C(C)(C)C)cc(N)c1C(=O)OC(C)(C)C. The lowest BCUT2D eigenvalue weighted by atomic mass is 9.83. The lowest BCUT2D eigenvalue weighted by molar-refractivity contribution is 0.00695. The quantitative estimate of drug-likeness (QED) is 0.197. The summed E-state index contributed by atoms with van der Waals surface area (Å²) < 4.78 is 105. The maximum absolute atomic E-state index is 15.4. The van der Waals surface area contributed by atoms with Crippen LogP contribution in [0.1, 0.15) is 75.9 Å². The van der Waals surface area contributed by atoms with E-state index in [1.165, 1.54) is 13.0 Å². The molecule has 15 heteroatoms. The van der Waals surface area contributed by atoms with E-state index in [4.69, 9.17) is 26.8 Å². The van der Waals surface area contributed by atoms with Gasteiger partial charge in [0.2, 0.25) is 20.0 Å².